The minimum absolute atomic E-state index is 0.0622. The zero-order valence-electron chi connectivity index (χ0n) is 14.7. The Morgan fingerprint density at radius 3 is 2.23 bits per heavy atom. The zero-order chi connectivity index (χ0) is 17.3. The minimum atomic E-state index is -0.0622. The third-order valence-corrected chi connectivity index (χ3v) is 6.83. The van der Waals surface area contributed by atoms with Crippen molar-refractivity contribution in [2.45, 2.75) is 24.2 Å². The maximum absolute atomic E-state index is 6.29. The van der Waals surface area contributed by atoms with Gasteiger partial charge in [0, 0.05) is 11.6 Å². The van der Waals surface area contributed by atoms with Gasteiger partial charge in [-0.25, -0.2) is 0 Å². The Labute approximate surface area is 154 Å². The van der Waals surface area contributed by atoms with Crippen LogP contribution in [0.25, 0.3) is 11.1 Å². The highest BCUT2D eigenvalue weighted by Crippen LogP contribution is 2.66. The van der Waals surface area contributed by atoms with Crippen LogP contribution in [-0.2, 0) is 5.41 Å². The molecule has 0 aliphatic heterocycles. The highest BCUT2D eigenvalue weighted by molar-refractivity contribution is 5.85. The Hall–Kier alpha value is -2.80. The number of allylic oxidation sites excluding steroid dienone is 2. The average Bonchev–Trinajstić information content (AvgIpc) is 3.15. The normalized spacial score (nSPS) is 23.4. The number of nitrogens with two attached hydrogens (primary N) is 1. The molecule has 3 aliphatic rings. The van der Waals surface area contributed by atoms with Gasteiger partial charge >= 0.3 is 0 Å². The predicted octanol–water partition coefficient (Wildman–Crippen LogP) is 5.65. The van der Waals surface area contributed by atoms with Gasteiger partial charge in [0.2, 0.25) is 0 Å². The second kappa shape index (κ2) is 4.88. The largest absolute Gasteiger partial charge is 0.399 e. The minimum Gasteiger partial charge on any atom is -0.399 e. The summed E-state index contributed by atoms with van der Waals surface area (Å²) in [6, 6.07) is 24.6. The van der Waals surface area contributed by atoms with Crippen molar-refractivity contribution < 1.29 is 0 Å². The van der Waals surface area contributed by atoms with E-state index in [1.54, 1.807) is 0 Å². The third kappa shape index (κ3) is 1.53. The van der Waals surface area contributed by atoms with Gasteiger partial charge in [-0.15, -0.1) is 0 Å². The van der Waals surface area contributed by atoms with Crippen LogP contribution in [0.2, 0.25) is 0 Å². The lowest BCUT2D eigenvalue weighted by atomic mass is 9.64. The third-order valence-electron chi connectivity index (χ3n) is 6.83. The Balaban J connectivity index is 1.80. The van der Waals surface area contributed by atoms with E-state index in [0.717, 1.165) is 12.1 Å². The predicted molar refractivity (Wildman–Crippen MR) is 107 cm³/mol. The summed E-state index contributed by atoms with van der Waals surface area (Å²) in [5, 5.41) is 0. The summed E-state index contributed by atoms with van der Waals surface area (Å²) in [6.45, 7) is 0. The average molecular weight is 335 g/mol. The van der Waals surface area contributed by atoms with E-state index in [4.69, 9.17) is 5.73 Å². The molecule has 0 amide bonds. The smallest absolute Gasteiger partial charge is 0.0504 e. The number of anilines is 1. The number of hydrogen-bond acceptors (Lipinski definition) is 1. The highest BCUT2D eigenvalue weighted by atomic mass is 14.6. The molecular formula is C25H21N. The quantitative estimate of drug-likeness (QED) is 0.417. The van der Waals surface area contributed by atoms with Crippen molar-refractivity contribution >= 4 is 5.69 Å². The second-order valence-corrected chi connectivity index (χ2v) is 7.88. The van der Waals surface area contributed by atoms with Crippen molar-refractivity contribution in [3.63, 3.8) is 0 Å². The molecule has 2 unspecified atom stereocenters. The van der Waals surface area contributed by atoms with Crippen LogP contribution in [-0.4, -0.2) is 0 Å². The van der Waals surface area contributed by atoms with Crippen LogP contribution in [0.5, 0.6) is 0 Å². The van der Waals surface area contributed by atoms with Crippen molar-refractivity contribution in [1.29, 1.82) is 0 Å². The molecule has 0 bridgehead atoms. The van der Waals surface area contributed by atoms with E-state index in [0.29, 0.717) is 11.8 Å². The summed E-state index contributed by atoms with van der Waals surface area (Å²) in [5.74, 6) is 1.05. The number of fused-ring (bicyclic) bond motifs is 10. The molecule has 1 spiro atoms. The van der Waals surface area contributed by atoms with Crippen molar-refractivity contribution in [2.24, 2.45) is 5.92 Å². The molecule has 0 radical (unpaired) electrons. The van der Waals surface area contributed by atoms with E-state index in [1.807, 2.05) is 0 Å². The van der Waals surface area contributed by atoms with Gasteiger partial charge in [0.1, 0.15) is 0 Å². The van der Waals surface area contributed by atoms with Gasteiger partial charge in [-0.3, -0.25) is 0 Å². The van der Waals surface area contributed by atoms with Gasteiger partial charge in [0.05, 0.1) is 5.41 Å². The van der Waals surface area contributed by atoms with E-state index in [9.17, 15) is 0 Å². The van der Waals surface area contributed by atoms with Gasteiger partial charge < -0.3 is 5.73 Å². The summed E-state index contributed by atoms with van der Waals surface area (Å²) in [5.41, 5.74) is 15.7. The SMILES string of the molecule is Nc1ccc2c(c1)C1(c3ccccc3-c3ccccc31)C1CCC=CC21. The first-order valence-corrected chi connectivity index (χ1v) is 9.58. The maximum atomic E-state index is 6.29. The van der Waals surface area contributed by atoms with Crippen LogP contribution >= 0.6 is 0 Å². The van der Waals surface area contributed by atoms with Crippen LogP contribution in [0.1, 0.15) is 41.0 Å². The molecule has 3 aromatic rings. The van der Waals surface area contributed by atoms with Crippen molar-refractivity contribution in [3.8, 4) is 11.1 Å². The summed E-state index contributed by atoms with van der Waals surface area (Å²) >= 11 is 0. The fourth-order valence-corrected chi connectivity index (χ4v) is 6.00. The lowest BCUT2D eigenvalue weighted by molar-refractivity contribution is 0.351. The molecule has 2 N–H and O–H groups in total. The molecule has 6 rings (SSSR count). The first-order valence-electron chi connectivity index (χ1n) is 9.58. The number of hydrogen-bond donors (Lipinski definition) is 1. The zero-order valence-corrected chi connectivity index (χ0v) is 14.7. The second-order valence-electron chi connectivity index (χ2n) is 7.88. The summed E-state index contributed by atoms with van der Waals surface area (Å²) in [4.78, 5) is 0. The molecule has 0 saturated carbocycles. The molecule has 3 aromatic carbocycles. The Kier molecular flexibility index (Phi) is 2.70. The Bertz CT molecular complexity index is 1030. The van der Waals surface area contributed by atoms with Gasteiger partial charge in [0.25, 0.3) is 0 Å². The molecule has 0 aromatic heterocycles. The monoisotopic (exact) mass is 335 g/mol. The molecule has 3 aliphatic carbocycles. The van der Waals surface area contributed by atoms with E-state index in [2.05, 4.69) is 78.9 Å². The molecular weight excluding hydrogens is 314 g/mol. The lowest BCUT2D eigenvalue weighted by Crippen LogP contribution is -2.34. The van der Waals surface area contributed by atoms with Gasteiger partial charge in [0.15, 0.2) is 0 Å². The van der Waals surface area contributed by atoms with Crippen LogP contribution < -0.4 is 5.73 Å². The molecule has 0 fully saturated rings. The first kappa shape index (κ1) is 14.4. The van der Waals surface area contributed by atoms with E-state index in [1.165, 1.54) is 39.8 Å². The van der Waals surface area contributed by atoms with Crippen molar-refractivity contribution in [2.75, 3.05) is 5.73 Å². The van der Waals surface area contributed by atoms with E-state index in [-0.39, 0.29) is 5.41 Å². The van der Waals surface area contributed by atoms with Crippen LogP contribution in [0, 0.1) is 5.92 Å². The number of nitrogen functional groups attached to an aromatic ring is 1. The number of benzene rings is 3. The van der Waals surface area contributed by atoms with Gasteiger partial charge in [-0.2, -0.15) is 0 Å². The van der Waals surface area contributed by atoms with Gasteiger partial charge in [-0.05, 0) is 64.3 Å². The lowest BCUT2D eigenvalue weighted by Gasteiger charge is -2.38. The van der Waals surface area contributed by atoms with Crippen molar-refractivity contribution in [3.05, 3.63) is 101 Å². The van der Waals surface area contributed by atoms with Gasteiger partial charge in [-0.1, -0.05) is 66.7 Å². The van der Waals surface area contributed by atoms with Crippen LogP contribution in [0.3, 0.4) is 0 Å². The van der Waals surface area contributed by atoms with Crippen LogP contribution in [0.4, 0.5) is 5.69 Å². The molecule has 0 heterocycles. The fourth-order valence-electron chi connectivity index (χ4n) is 6.00. The van der Waals surface area contributed by atoms with Crippen molar-refractivity contribution in [1.82, 2.24) is 0 Å². The first-order chi connectivity index (χ1) is 12.8. The molecule has 1 heteroatoms. The molecule has 0 saturated heterocycles. The molecule has 26 heavy (non-hydrogen) atoms. The molecule has 2 atom stereocenters. The maximum Gasteiger partial charge on any atom is 0.0504 e. The number of rotatable bonds is 0. The Morgan fingerprint density at radius 2 is 1.50 bits per heavy atom. The highest BCUT2D eigenvalue weighted by Gasteiger charge is 2.57. The molecule has 126 valence electrons. The fraction of sp³-hybridized carbons (Fsp3) is 0.200. The summed E-state index contributed by atoms with van der Waals surface area (Å²) in [6.07, 6.45) is 7.20. The Morgan fingerprint density at radius 1 is 0.808 bits per heavy atom. The summed E-state index contributed by atoms with van der Waals surface area (Å²) in [7, 11) is 0. The standard InChI is InChI=1S/C25H21N/c26-16-13-14-20-19-9-3-6-12-23(19)25(24(20)15-16)21-10-4-1-7-17(21)18-8-2-5-11-22(18)25/h1-5,7-11,13-15,19,23H,6,12,26H2. The topological polar surface area (TPSA) is 26.0 Å². The van der Waals surface area contributed by atoms with Crippen LogP contribution in [0.15, 0.2) is 78.9 Å². The molecule has 1 nitrogen and oxygen atoms in total. The summed E-state index contributed by atoms with van der Waals surface area (Å²) < 4.78 is 0. The van der Waals surface area contributed by atoms with E-state index < -0.39 is 0 Å². The van der Waals surface area contributed by atoms with E-state index >= 15 is 0 Å².